The maximum atomic E-state index is 13.4. The van der Waals surface area contributed by atoms with Crippen molar-refractivity contribution < 1.29 is 35.9 Å². The summed E-state index contributed by atoms with van der Waals surface area (Å²) in [6.45, 7) is 1.51. The number of nitrogens with one attached hydrogen (secondary N) is 2. The lowest BCUT2D eigenvalue weighted by atomic mass is 10.1. The van der Waals surface area contributed by atoms with Crippen molar-refractivity contribution in [1.29, 1.82) is 0 Å². The Hall–Kier alpha value is -4.04. The molecule has 0 radical (unpaired) electrons. The summed E-state index contributed by atoms with van der Waals surface area (Å²) in [5.74, 6) is -1.81. The Morgan fingerprint density at radius 3 is 2.36 bits per heavy atom. The van der Waals surface area contributed by atoms with Crippen LogP contribution in [0.3, 0.4) is 0 Å². The van der Waals surface area contributed by atoms with Crippen molar-refractivity contribution in [3.05, 3.63) is 99.8 Å². The van der Waals surface area contributed by atoms with Crippen LogP contribution in [0, 0.1) is 6.92 Å². The molecule has 0 unspecified atom stereocenters. The summed E-state index contributed by atoms with van der Waals surface area (Å²) < 4.78 is 80.9. The number of rotatable bonds is 8. The zero-order chi connectivity index (χ0) is 30.7. The summed E-state index contributed by atoms with van der Waals surface area (Å²) in [5, 5.41) is 13.0. The number of amides is 2. The second-order valence-corrected chi connectivity index (χ2v) is 10.2. The highest BCUT2D eigenvalue weighted by molar-refractivity contribution is 7.99. The number of carbonyl (C=O) groups excluding carboxylic acids is 2. The van der Waals surface area contributed by atoms with E-state index in [0.29, 0.717) is 5.69 Å². The van der Waals surface area contributed by atoms with Gasteiger partial charge in [-0.25, -0.2) is 0 Å². The number of benzene rings is 3. The monoisotopic (exact) mass is 627 g/mol. The molecule has 220 valence electrons. The van der Waals surface area contributed by atoms with E-state index in [2.05, 4.69) is 20.8 Å². The van der Waals surface area contributed by atoms with Crippen LogP contribution in [0.2, 0.25) is 5.02 Å². The lowest BCUT2D eigenvalue weighted by Crippen LogP contribution is -2.27. The molecule has 15 heteroatoms. The Labute approximate surface area is 244 Å². The molecule has 0 atom stereocenters. The third kappa shape index (κ3) is 7.42. The van der Waals surface area contributed by atoms with E-state index in [0.717, 1.165) is 47.7 Å². The third-order valence-corrected chi connectivity index (χ3v) is 7.00. The van der Waals surface area contributed by atoms with E-state index in [-0.39, 0.29) is 34.0 Å². The molecule has 0 saturated carbocycles. The predicted molar refractivity (Wildman–Crippen MR) is 145 cm³/mol. The Bertz CT molecular complexity index is 1620. The van der Waals surface area contributed by atoms with E-state index in [1.165, 1.54) is 16.7 Å². The molecule has 0 aliphatic heterocycles. The van der Waals surface area contributed by atoms with E-state index >= 15 is 0 Å². The van der Waals surface area contributed by atoms with Crippen molar-refractivity contribution in [2.45, 2.75) is 31.0 Å². The largest absolute Gasteiger partial charge is 0.417 e. The van der Waals surface area contributed by atoms with Gasteiger partial charge in [0.25, 0.3) is 5.91 Å². The van der Waals surface area contributed by atoms with Gasteiger partial charge in [0.2, 0.25) is 5.91 Å². The molecule has 2 N–H and O–H groups in total. The number of carbonyl (C=O) groups is 2. The Morgan fingerprint density at radius 2 is 1.67 bits per heavy atom. The van der Waals surface area contributed by atoms with Gasteiger partial charge in [-0.2, -0.15) is 26.3 Å². The summed E-state index contributed by atoms with van der Waals surface area (Å²) in [7, 11) is 0. The smallest absolute Gasteiger partial charge is 0.345 e. The van der Waals surface area contributed by atoms with Crippen molar-refractivity contribution in [2.75, 3.05) is 11.1 Å². The minimum atomic E-state index is -4.74. The molecular formula is C27H20ClF6N5O2S. The number of hydrogen-bond donors (Lipinski definition) is 2. The summed E-state index contributed by atoms with van der Waals surface area (Å²) in [4.78, 5) is 25.3. The normalized spacial score (nSPS) is 11.8. The first-order valence-electron chi connectivity index (χ1n) is 12.0. The van der Waals surface area contributed by atoms with Crippen LogP contribution in [-0.2, 0) is 23.7 Å². The first kappa shape index (κ1) is 30.9. The molecule has 4 aromatic rings. The molecule has 42 heavy (non-hydrogen) atoms. The van der Waals surface area contributed by atoms with Crippen molar-refractivity contribution in [2.24, 2.45) is 0 Å². The molecule has 0 saturated heterocycles. The summed E-state index contributed by atoms with van der Waals surface area (Å²) in [6, 6.07) is 13.9. The standard InChI is InChI=1S/C27H20ClF6N5O2S/c1-15-5-4-6-17(11-15)39-22(13-35-24(41)18-7-2-3-8-19(18)27(32,33)34)37-38-25(39)42-14-23(40)36-21-12-16(26(29,30)31)9-10-20(21)28/h2-12H,13-14H2,1H3,(H,35,41)(H,36,40). The van der Waals surface area contributed by atoms with E-state index < -0.39 is 40.9 Å². The number of nitrogens with zero attached hydrogens (tertiary/aromatic N) is 3. The minimum Gasteiger partial charge on any atom is -0.345 e. The van der Waals surface area contributed by atoms with Crippen LogP contribution in [0.25, 0.3) is 5.69 Å². The molecule has 0 fully saturated rings. The number of aryl methyl sites for hydroxylation is 1. The van der Waals surface area contributed by atoms with E-state index in [1.807, 2.05) is 13.0 Å². The van der Waals surface area contributed by atoms with Gasteiger partial charge in [0, 0.05) is 5.69 Å². The molecule has 2 amide bonds. The van der Waals surface area contributed by atoms with Crippen LogP contribution in [0.1, 0.15) is 32.9 Å². The van der Waals surface area contributed by atoms with Crippen molar-refractivity contribution in [3.63, 3.8) is 0 Å². The number of hydrogen-bond acceptors (Lipinski definition) is 5. The van der Waals surface area contributed by atoms with Crippen molar-refractivity contribution >= 4 is 40.9 Å². The zero-order valence-corrected chi connectivity index (χ0v) is 23.0. The summed E-state index contributed by atoms with van der Waals surface area (Å²) in [5.41, 5.74) is -1.47. The highest BCUT2D eigenvalue weighted by atomic mass is 35.5. The fraction of sp³-hybridized carbons (Fsp3) is 0.185. The fourth-order valence-corrected chi connectivity index (χ4v) is 4.77. The highest BCUT2D eigenvalue weighted by Gasteiger charge is 2.35. The number of thioether (sulfide) groups is 1. The average molecular weight is 628 g/mol. The SMILES string of the molecule is Cc1cccc(-n2c(CNC(=O)c3ccccc3C(F)(F)F)nnc2SCC(=O)Nc2cc(C(F)(F)F)ccc2Cl)c1. The number of halogens is 7. The van der Waals surface area contributed by atoms with Gasteiger partial charge in [-0.15, -0.1) is 10.2 Å². The van der Waals surface area contributed by atoms with Crippen LogP contribution in [0.5, 0.6) is 0 Å². The molecule has 0 aliphatic rings. The van der Waals surface area contributed by atoms with Gasteiger partial charge in [0.15, 0.2) is 11.0 Å². The fourth-order valence-electron chi connectivity index (χ4n) is 3.83. The Morgan fingerprint density at radius 1 is 0.929 bits per heavy atom. The molecule has 1 aromatic heterocycles. The molecule has 0 bridgehead atoms. The van der Waals surface area contributed by atoms with Crippen LogP contribution in [0.15, 0.2) is 71.9 Å². The van der Waals surface area contributed by atoms with Crippen molar-refractivity contribution in [3.8, 4) is 5.69 Å². The van der Waals surface area contributed by atoms with Crippen molar-refractivity contribution in [1.82, 2.24) is 20.1 Å². The predicted octanol–water partition coefficient (Wildman–Crippen LogP) is 6.93. The zero-order valence-electron chi connectivity index (χ0n) is 21.5. The van der Waals surface area contributed by atoms with Gasteiger partial charge in [-0.05, 0) is 55.0 Å². The third-order valence-electron chi connectivity index (χ3n) is 5.74. The topological polar surface area (TPSA) is 88.9 Å². The lowest BCUT2D eigenvalue weighted by molar-refractivity contribution is -0.138. The molecule has 4 rings (SSSR count). The van der Waals surface area contributed by atoms with E-state index in [4.69, 9.17) is 11.6 Å². The van der Waals surface area contributed by atoms with Gasteiger partial charge < -0.3 is 10.6 Å². The van der Waals surface area contributed by atoms with Gasteiger partial charge in [0.1, 0.15) is 0 Å². The Balaban J connectivity index is 1.54. The molecular weight excluding hydrogens is 608 g/mol. The Kier molecular flexibility index (Phi) is 9.16. The molecule has 1 heterocycles. The van der Waals surface area contributed by atoms with Gasteiger partial charge in [0.05, 0.1) is 39.7 Å². The molecule has 3 aromatic carbocycles. The highest BCUT2D eigenvalue weighted by Crippen LogP contribution is 2.34. The quantitative estimate of drug-likeness (QED) is 0.163. The number of alkyl halides is 6. The summed E-state index contributed by atoms with van der Waals surface area (Å²) >= 11 is 6.86. The van der Waals surface area contributed by atoms with Crippen LogP contribution < -0.4 is 10.6 Å². The average Bonchev–Trinajstić information content (AvgIpc) is 3.33. The molecule has 7 nitrogen and oxygen atoms in total. The second-order valence-electron chi connectivity index (χ2n) is 8.83. The first-order chi connectivity index (χ1) is 19.7. The maximum Gasteiger partial charge on any atom is 0.417 e. The van der Waals surface area contributed by atoms with Gasteiger partial charge in [-0.1, -0.05) is 47.6 Å². The summed E-state index contributed by atoms with van der Waals surface area (Å²) in [6.07, 6.45) is -9.37. The first-order valence-corrected chi connectivity index (χ1v) is 13.4. The van der Waals surface area contributed by atoms with E-state index in [1.54, 1.807) is 18.2 Å². The van der Waals surface area contributed by atoms with Crippen LogP contribution in [0.4, 0.5) is 32.0 Å². The number of aromatic nitrogens is 3. The molecule has 0 spiro atoms. The van der Waals surface area contributed by atoms with Gasteiger partial charge >= 0.3 is 12.4 Å². The minimum absolute atomic E-state index is 0.0885. The van der Waals surface area contributed by atoms with Gasteiger partial charge in [-0.3, -0.25) is 14.2 Å². The number of anilines is 1. The maximum absolute atomic E-state index is 13.4. The lowest BCUT2D eigenvalue weighted by Gasteiger charge is -2.14. The van der Waals surface area contributed by atoms with E-state index in [9.17, 15) is 35.9 Å². The van der Waals surface area contributed by atoms with Crippen LogP contribution >= 0.6 is 23.4 Å². The molecule has 0 aliphatic carbocycles. The second kappa shape index (κ2) is 12.4. The van der Waals surface area contributed by atoms with Crippen LogP contribution in [-0.4, -0.2) is 32.3 Å².